The number of halogens is 1. The van der Waals surface area contributed by atoms with Crippen LogP contribution in [0.5, 0.6) is 0 Å². The minimum atomic E-state index is -0.334. The summed E-state index contributed by atoms with van der Waals surface area (Å²) >= 11 is 4.60. The maximum absolute atomic E-state index is 11.9. The monoisotopic (exact) mass is 350 g/mol. The molecule has 1 aromatic carbocycles. The Labute approximate surface area is 129 Å². The molecule has 0 bridgehead atoms. The fourth-order valence-electron chi connectivity index (χ4n) is 1.80. The molecule has 1 heterocycles. The van der Waals surface area contributed by atoms with Gasteiger partial charge in [0.15, 0.2) is 5.78 Å². The summed E-state index contributed by atoms with van der Waals surface area (Å²) in [5, 5.41) is 11.6. The van der Waals surface area contributed by atoms with E-state index in [0.29, 0.717) is 11.4 Å². The van der Waals surface area contributed by atoms with Crippen molar-refractivity contribution in [3.8, 4) is 6.07 Å². The summed E-state index contributed by atoms with van der Waals surface area (Å²) in [6.45, 7) is 1.32. The molecule has 1 aromatic rings. The molecule has 1 atom stereocenters. The number of hydrogen-bond acceptors (Lipinski definition) is 4. The van der Waals surface area contributed by atoms with Gasteiger partial charge in [0.2, 0.25) is 5.91 Å². The lowest BCUT2D eigenvalue weighted by Gasteiger charge is -2.05. The molecule has 0 saturated carbocycles. The lowest BCUT2D eigenvalue weighted by atomic mass is 10.1. The first-order valence-corrected chi connectivity index (χ1v) is 7.56. The Hall–Kier alpha value is -1.58. The summed E-state index contributed by atoms with van der Waals surface area (Å²) in [5.41, 5.74) is 1.05. The van der Waals surface area contributed by atoms with Gasteiger partial charge in [-0.25, -0.2) is 0 Å². The first kappa shape index (κ1) is 14.8. The molecule has 0 aliphatic carbocycles. The Morgan fingerprint density at radius 3 is 2.65 bits per heavy atom. The first-order chi connectivity index (χ1) is 9.51. The predicted octanol–water partition coefficient (Wildman–Crippen LogP) is 2.55. The van der Waals surface area contributed by atoms with Crippen molar-refractivity contribution in [2.24, 2.45) is 0 Å². The van der Waals surface area contributed by atoms with Gasteiger partial charge in [0, 0.05) is 4.47 Å². The second-order valence-corrected chi connectivity index (χ2v) is 6.43. The van der Waals surface area contributed by atoms with E-state index in [4.69, 9.17) is 5.26 Å². The molecule has 0 radical (unpaired) electrons. The molecular formula is C14H11BrN2O2S. The third kappa shape index (κ3) is 3.30. The summed E-state index contributed by atoms with van der Waals surface area (Å²) in [6.07, 6.45) is 0.559. The van der Waals surface area contributed by atoms with Gasteiger partial charge in [-0.3, -0.25) is 9.59 Å². The van der Waals surface area contributed by atoms with Crippen LogP contribution in [0, 0.1) is 11.3 Å². The number of carbonyl (C=O) groups is 2. The molecule has 0 aromatic heterocycles. The smallest absolute Gasteiger partial charge is 0.238 e. The lowest BCUT2D eigenvalue weighted by Crippen LogP contribution is -2.24. The Morgan fingerprint density at radius 2 is 2.10 bits per heavy atom. The molecule has 1 aliphatic heterocycles. The van der Waals surface area contributed by atoms with Crippen molar-refractivity contribution >= 4 is 39.4 Å². The summed E-state index contributed by atoms with van der Waals surface area (Å²) in [4.78, 5) is 23.2. The fourth-order valence-corrected chi connectivity index (χ4v) is 3.25. The van der Waals surface area contributed by atoms with Gasteiger partial charge in [0.1, 0.15) is 11.6 Å². The van der Waals surface area contributed by atoms with Crippen LogP contribution in [0.25, 0.3) is 0 Å². The number of allylic oxidation sites excluding steroid dienone is 1. The number of rotatable bonds is 3. The minimum Gasteiger partial charge on any atom is -0.318 e. The van der Waals surface area contributed by atoms with Gasteiger partial charge in [-0.05, 0) is 31.0 Å². The second kappa shape index (κ2) is 6.25. The molecule has 2 rings (SSSR count). The largest absolute Gasteiger partial charge is 0.318 e. The Kier molecular flexibility index (Phi) is 4.63. The highest BCUT2D eigenvalue weighted by atomic mass is 79.9. The first-order valence-electron chi connectivity index (χ1n) is 5.88. The number of benzene rings is 1. The molecule has 4 nitrogen and oxygen atoms in total. The number of amides is 1. The van der Waals surface area contributed by atoms with E-state index in [2.05, 4.69) is 21.2 Å². The zero-order valence-electron chi connectivity index (χ0n) is 10.6. The van der Waals surface area contributed by atoms with E-state index in [1.165, 1.54) is 18.7 Å². The SMILES string of the molecule is CC(=O)/C(C#N)=C1/NC(=O)C(Cc2ccc(Br)cc2)S1. The molecule has 20 heavy (non-hydrogen) atoms. The number of hydrogen-bond donors (Lipinski definition) is 1. The molecule has 1 saturated heterocycles. The maximum atomic E-state index is 11.9. The number of nitrogens with one attached hydrogen (secondary N) is 1. The van der Waals surface area contributed by atoms with E-state index in [-0.39, 0.29) is 22.5 Å². The highest BCUT2D eigenvalue weighted by Crippen LogP contribution is 2.32. The Balaban J connectivity index is 2.16. The van der Waals surface area contributed by atoms with Gasteiger partial charge in [-0.2, -0.15) is 5.26 Å². The van der Waals surface area contributed by atoms with Crippen molar-refractivity contribution in [2.45, 2.75) is 18.6 Å². The van der Waals surface area contributed by atoms with Crippen molar-refractivity contribution in [2.75, 3.05) is 0 Å². The van der Waals surface area contributed by atoms with Crippen LogP contribution in [0.1, 0.15) is 12.5 Å². The average Bonchev–Trinajstić information content (AvgIpc) is 2.74. The second-order valence-electron chi connectivity index (χ2n) is 4.30. The topological polar surface area (TPSA) is 70.0 Å². The van der Waals surface area contributed by atoms with Crippen LogP contribution in [0.3, 0.4) is 0 Å². The van der Waals surface area contributed by atoms with Crippen molar-refractivity contribution in [3.63, 3.8) is 0 Å². The van der Waals surface area contributed by atoms with Crippen molar-refractivity contribution < 1.29 is 9.59 Å². The van der Waals surface area contributed by atoms with Gasteiger partial charge in [-0.1, -0.05) is 39.8 Å². The fraction of sp³-hybridized carbons (Fsp3) is 0.214. The molecule has 102 valence electrons. The van der Waals surface area contributed by atoms with Gasteiger partial charge in [0.05, 0.1) is 10.3 Å². The molecular weight excluding hydrogens is 340 g/mol. The number of nitriles is 1. The third-order valence-electron chi connectivity index (χ3n) is 2.81. The Bertz CT molecular complexity index is 632. The van der Waals surface area contributed by atoms with Gasteiger partial charge in [-0.15, -0.1) is 0 Å². The normalized spacial score (nSPS) is 20.2. The standard InChI is InChI=1S/C14H11BrN2O2S/c1-8(18)11(7-16)14-17-13(19)12(20-14)6-9-2-4-10(15)5-3-9/h2-5,12H,6H2,1H3,(H,17,19)/b14-11-. The van der Waals surface area contributed by atoms with Gasteiger partial charge in [0.25, 0.3) is 0 Å². The van der Waals surface area contributed by atoms with Crippen LogP contribution < -0.4 is 5.32 Å². The predicted molar refractivity (Wildman–Crippen MR) is 80.7 cm³/mol. The van der Waals surface area contributed by atoms with Gasteiger partial charge >= 0.3 is 0 Å². The molecule has 6 heteroatoms. The van der Waals surface area contributed by atoms with E-state index in [1.54, 1.807) is 0 Å². The van der Waals surface area contributed by atoms with Gasteiger partial charge < -0.3 is 5.32 Å². The number of carbonyl (C=O) groups excluding carboxylic acids is 2. The zero-order chi connectivity index (χ0) is 14.7. The third-order valence-corrected chi connectivity index (χ3v) is 4.55. The molecule has 1 aliphatic rings. The number of Topliss-reactive ketones (excluding diaryl/α,β-unsaturated/α-hetero) is 1. The summed E-state index contributed by atoms with van der Waals surface area (Å²) in [5.74, 6) is -0.499. The number of nitrogens with zero attached hydrogens (tertiary/aromatic N) is 1. The highest BCUT2D eigenvalue weighted by Gasteiger charge is 2.31. The summed E-state index contributed by atoms with van der Waals surface area (Å²) < 4.78 is 0.980. The molecule has 1 amide bonds. The van der Waals surface area contributed by atoms with E-state index >= 15 is 0 Å². The minimum absolute atomic E-state index is 0.0154. The summed E-state index contributed by atoms with van der Waals surface area (Å²) in [6, 6.07) is 9.56. The molecule has 0 spiro atoms. The summed E-state index contributed by atoms with van der Waals surface area (Å²) in [7, 11) is 0. The van der Waals surface area contributed by atoms with Crippen LogP contribution in [-0.4, -0.2) is 16.9 Å². The van der Waals surface area contributed by atoms with Crippen molar-refractivity contribution in [1.29, 1.82) is 5.26 Å². The zero-order valence-corrected chi connectivity index (χ0v) is 13.0. The van der Waals surface area contributed by atoms with E-state index in [1.807, 2.05) is 30.3 Å². The highest BCUT2D eigenvalue weighted by molar-refractivity contribution is 9.10. The van der Waals surface area contributed by atoms with Crippen molar-refractivity contribution in [3.05, 3.63) is 44.9 Å². The maximum Gasteiger partial charge on any atom is 0.238 e. The lowest BCUT2D eigenvalue weighted by molar-refractivity contribution is -0.119. The number of thioether (sulfide) groups is 1. The number of ketones is 1. The molecule has 1 fully saturated rings. The van der Waals surface area contributed by atoms with E-state index < -0.39 is 0 Å². The Morgan fingerprint density at radius 1 is 1.45 bits per heavy atom. The quantitative estimate of drug-likeness (QED) is 0.671. The molecule has 1 N–H and O–H groups in total. The molecule has 1 unspecified atom stereocenters. The van der Waals surface area contributed by atoms with Crippen molar-refractivity contribution in [1.82, 2.24) is 5.32 Å². The van der Waals surface area contributed by atoms with E-state index in [9.17, 15) is 9.59 Å². The van der Waals surface area contributed by atoms with E-state index in [0.717, 1.165) is 10.0 Å². The van der Waals surface area contributed by atoms with Crippen LogP contribution in [0.2, 0.25) is 0 Å². The van der Waals surface area contributed by atoms with Crippen LogP contribution in [-0.2, 0) is 16.0 Å². The van der Waals surface area contributed by atoms with Crippen LogP contribution >= 0.6 is 27.7 Å². The van der Waals surface area contributed by atoms with Crippen LogP contribution in [0.15, 0.2) is 39.3 Å². The average molecular weight is 351 g/mol. The van der Waals surface area contributed by atoms with Crippen LogP contribution in [0.4, 0.5) is 0 Å².